The highest BCUT2D eigenvalue weighted by atomic mass is 16.5. The Kier molecular flexibility index (Phi) is 30.0. The molecule has 1 aromatic heterocycles. The van der Waals surface area contributed by atoms with Gasteiger partial charge in [-0.1, -0.05) is 18.2 Å². The molecule has 103 heavy (non-hydrogen) atoms. The van der Waals surface area contributed by atoms with Gasteiger partial charge in [0.2, 0.25) is 23.6 Å². The molecule has 36 nitrogen and oxygen atoms in total. The molecule has 0 aliphatic rings. The van der Waals surface area contributed by atoms with Crippen molar-refractivity contribution in [3.05, 3.63) is 131 Å². The zero-order valence-corrected chi connectivity index (χ0v) is 57.0. The van der Waals surface area contributed by atoms with Crippen LogP contribution < -0.4 is 111 Å². The third-order valence-electron chi connectivity index (χ3n) is 15.7. The minimum Gasteiger partial charge on any atom is -0.496 e. The van der Waals surface area contributed by atoms with Crippen molar-refractivity contribution in [2.75, 3.05) is 75.9 Å². The number of hydrogen-bond donors (Lipinski definition) is 23. The number of ether oxygens (including phenoxy) is 4. The lowest BCUT2D eigenvalue weighted by Crippen LogP contribution is -2.45. The number of para-hydroxylation sites is 1. The molecule has 0 fully saturated rings. The Hall–Kier alpha value is -12.9. The lowest BCUT2D eigenvalue weighted by molar-refractivity contribution is -0.139. The molecular formula is C67H88N22O14. The van der Waals surface area contributed by atoms with E-state index in [0.29, 0.717) is 18.5 Å². The second kappa shape index (κ2) is 39.0. The van der Waals surface area contributed by atoms with Crippen LogP contribution in [0, 0.1) is 21.6 Å². The quantitative estimate of drug-likeness (QED) is 0.0146. The first-order valence-corrected chi connectivity index (χ1v) is 32.3. The van der Waals surface area contributed by atoms with Gasteiger partial charge in [0, 0.05) is 72.4 Å². The van der Waals surface area contributed by atoms with E-state index in [1.165, 1.54) is 101 Å². The number of carboxylic acid groups (broad SMARTS) is 1. The van der Waals surface area contributed by atoms with Crippen LogP contribution in [0.4, 0.5) is 22.7 Å². The fourth-order valence-corrected chi connectivity index (χ4v) is 10.5. The minimum atomic E-state index is -1.38. The number of fused-ring (bicyclic) bond motifs is 1. The summed E-state index contributed by atoms with van der Waals surface area (Å²) in [4.78, 5) is 129. The summed E-state index contributed by atoms with van der Waals surface area (Å²) in [6.07, 6.45) is 2.65. The molecule has 36 heteroatoms. The van der Waals surface area contributed by atoms with Gasteiger partial charge in [0.25, 0.3) is 23.6 Å². The molecule has 1 heterocycles. The van der Waals surface area contributed by atoms with E-state index in [1.807, 2.05) is 18.2 Å². The van der Waals surface area contributed by atoms with Crippen LogP contribution >= 0.6 is 0 Å². The zero-order valence-electron chi connectivity index (χ0n) is 57.0. The number of carbonyl (C=O) groups is 9. The molecule has 0 bridgehead atoms. The summed E-state index contributed by atoms with van der Waals surface area (Å²) in [5.74, 6) is -8.67. The number of aromatic nitrogens is 1. The fourth-order valence-electron chi connectivity index (χ4n) is 10.5. The third-order valence-corrected chi connectivity index (χ3v) is 15.7. The van der Waals surface area contributed by atoms with Gasteiger partial charge in [-0.3, -0.25) is 60.0 Å². The second-order valence-corrected chi connectivity index (χ2v) is 23.2. The summed E-state index contributed by atoms with van der Waals surface area (Å²) in [7, 11) is 5.20. The number of amides is 8. The maximum Gasteiger partial charge on any atom is 0.326 e. The van der Waals surface area contributed by atoms with Crippen LogP contribution in [0.25, 0.3) is 10.9 Å². The van der Waals surface area contributed by atoms with E-state index < -0.39 is 83.4 Å². The van der Waals surface area contributed by atoms with Crippen LogP contribution in [-0.2, 0) is 30.4 Å². The SMILES string of the molecule is COc1ccc(NC(=O)[C@H](CCCNC(=N)N)NC(=O)c2cc(NC(=O)[C@H](CCCNC(=N)N)NC(=O)c3cc(NC(=O)[C@H](CCCNC(=N)N)NC(=O)c4cc(NC(=O)[C@@H](N)CCCNC(=N)N)ccc4OC)ccc3OC)ccc2OC)cc1C(=O)N[C@@H](Cc1c[nH]c2ccccc12)C(=O)O. The molecule has 550 valence electrons. The van der Waals surface area contributed by atoms with Crippen molar-refractivity contribution in [3.8, 4) is 23.0 Å². The van der Waals surface area contributed by atoms with Crippen molar-refractivity contribution in [1.29, 1.82) is 21.6 Å². The average Bonchev–Trinajstić information content (AvgIpc) is 1.79. The second-order valence-electron chi connectivity index (χ2n) is 23.2. The number of guanidine groups is 4. The van der Waals surface area contributed by atoms with E-state index in [0.717, 1.165) is 10.9 Å². The van der Waals surface area contributed by atoms with Crippen molar-refractivity contribution in [2.24, 2.45) is 28.7 Å². The maximum absolute atomic E-state index is 14.5. The number of anilines is 4. The number of nitrogens with two attached hydrogens (primary N) is 5. The number of aromatic amines is 1. The Bertz CT molecular complexity index is 4090. The van der Waals surface area contributed by atoms with Gasteiger partial charge in [-0.25, -0.2) is 4.79 Å². The van der Waals surface area contributed by atoms with E-state index in [1.54, 1.807) is 12.3 Å². The van der Waals surface area contributed by atoms with Crippen LogP contribution in [0.3, 0.4) is 0 Å². The van der Waals surface area contributed by atoms with Gasteiger partial charge in [-0.05, 0) is 136 Å². The van der Waals surface area contributed by atoms with Crippen LogP contribution in [0.2, 0.25) is 0 Å². The summed E-state index contributed by atoms with van der Waals surface area (Å²) >= 11 is 0. The van der Waals surface area contributed by atoms with Gasteiger partial charge in [0.1, 0.15) is 47.2 Å². The Labute approximate surface area is 591 Å². The van der Waals surface area contributed by atoms with Gasteiger partial charge >= 0.3 is 5.97 Å². The molecule has 28 N–H and O–H groups in total. The molecule has 6 rings (SSSR count). The molecule has 6 aromatic rings. The highest BCUT2D eigenvalue weighted by Crippen LogP contribution is 2.29. The molecular weight excluding hydrogens is 1340 g/mol. The number of rotatable bonds is 39. The first-order valence-electron chi connectivity index (χ1n) is 32.3. The van der Waals surface area contributed by atoms with E-state index >= 15 is 0 Å². The number of benzene rings is 5. The first kappa shape index (κ1) is 79.1. The van der Waals surface area contributed by atoms with Gasteiger partial charge in [0.15, 0.2) is 23.8 Å². The zero-order chi connectivity index (χ0) is 75.3. The Balaban J connectivity index is 1.20. The summed E-state index contributed by atoms with van der Waals surface area (Å²) < 4.78 is 22.0. The molecule has 0 radical (unpaired) electrons. The third kappa shape index (κ3) is 24.2. The highest BCUT2D eigenvalue weighted by molar-refractivity contribution is 6.08. The van der Waals surface area contributed by atoms with Crippen LogP contribution in [-0.4, -0.2) is 172 Å². The van der Waals surface area contributed by atoms with Crippen molar-refractivity contribution in [2.45, 2.75) is 88.0 Å². The van der Waals surface area contributed by atoms with Gasteiger partial charge in [-0.2, -0.15) is 0 Å². The van der Waals surface area contributed by atoms with E-state index in [2.05, 4.69) is 68.8 Å². The van der Waals surface area contributed by atoms with Crippen LogP contribution in [0.5, 0.6) is 23.0 Å². The lowest BCUT2D eigenvalue weighted by atomic mass is 10.0. The molecule has 0 unspecified atom stereocenters. The summed E-state index contributed by atoms with van der Waals surface area (Å²) in [5.41, 5.74) is 29.2. The summed E-state index contributed by atoms with van der Waals surface area (Å²) in [6.45, 7) is 0.651. The van der Waals surface area contributed by atoms with Gasteiger partial charge in [0.05, 0.1) is 56.7 Å². The molecule has 5 aromatic carbocycles. The molecule has 0 spiro atoms. The van der Waals surface area contributed by atoms with E-state index in [9.17, 15) is 48.3 Å². The minimum absolute atomic E-state index is 0.00375. The molecule has 0 aliphatic heterocycles. The largest absolute Gasteiger partial charge is 0.496 e. The number of methoxy groups -OCH3 is 4. The maximum atomic E-state index is 14.5. The van der Waals surface area contributed by atoms with Gasteiger partial charge in [-0.15, -0.1) is 0 Å². The topological polar surface area (TPSA) is 596 Å². The number of hydrogen-bond acceptors (Lipinski definition) is 18. The predicted octanol–water partition coefficient (Wildman–Crippen LogP) is 1.16. The van der Waals surface area contributed by atoms with Crippen molar-refractivity contribution in [3.63, 3.8) is 0 Å². The molecule has 5 atom stereocenters. The van der Waals surface area contributed by atoms with Crippen LogP contribution in [0.1, 0.15) is 98.4 Å². The normalized spacial score (nSPS) is 12.2. The monoisotopic (exact) mass is 1420 g/mol. The molecule has 0 aliphatic carbocycles. The van der Waals surface area contributed by atoms with Gasteiger partial charge < -0.3 is 122 Å². The smallest absolute Gasteiger partial charge is 0.326 e. The Morgan fingerprint density at radius 2 is 0.728 bits per heavy atom. The first-order chi connectivity index (χ1) is 49.2. The lowest BCUT2D eigenvalue weighted by Gasteiger charge is -2.22. The number of H-pyrrole nitrogens is 1. The van der Waals surface area contributed by atoms with E-state index in [-0.39, 0.29) is 163 Å². The number of carboxylic acids is 1. The standard InChI is InChI=1S/C67H88N22O14/c1-100-51-21-17-36(82-59(94)45(68)12-7-25-77-64(69)70)30-41(51)55(90)86-47(14-8-26-78-65(71)72)60(95)83-37-18-22-52(101-2)42(31-37)56(91)87-48(15-9-27-79-66(73)74)61(96)84-38-19-23-53(102-3)43(32-38)57(92)88-49(16-10-28-80-67(75)76)62(97)85-39-20-24-54(103-4)44(33-39)58(93)89-50(63(98)99)29-35-34-81-46-13-6-5-11-40(35)46/h5-6,11,13,17-24,30-34,45,47-50,81H,7-10,12,14-16,25-29,68H2,1-4H3,(H,82,94)(H,83,95)(H,84,96)(H,85,97)(H,86,90)(H,87,91)(H,88,92)(H,89,93)(H,98,99)(H4,69,70,77)(H4,71,72,78)(H4,73,74,79)(H4,75,76,80)/t45-,47-,48-,49-,50-/m0/s1. The summed E-state index contributed by atoms with van der Waals surface area (Å²) in [6, 6.07) is 17.4. The average molecular weight is 1430 g/mol. The number of aliphatic carboxylic acids is 1. The van der Waals surface area contributed by atoms with E-state index in [4.69, 9.17) is 69.3 Å². The van der Waals surface area contributed by atoms with Crippen LogP contribution in [0.15, 0.2) is 103 Å². The van der Waals surface area contributed by atoms with Crippen molar-refractivity contribution >= 4 is 111 Å². The Morgan fingerprint density at radius 1 is 0.427 bits per heavy atom. The van der Waals surface area contributed by atoms with Crippen molar-refractivity contribution < 1.29 is 67.2 Å². The summed E-state index contributed by atoms with van der Waals surface area (Å²) in [5, 5.41) is 73.2. The number of nitrogens with one attached hydrogen (secondary N) is 17. The number of carbonyl (C=O) groups excluding carboxylic acids is 8. The Morgan fingerprint density at radius 3 is 1.04 bits per heavy atom. The molecule has 0 saturated carbocycles. The molecule has 0 saturated heterocycles. The van der Waals surface area contributed by atoms with Crippen molar-refractivity contribution in [1.82, 2.24) is 47.5 Å². The predicted molar refractivity (Wildman–Crippen MR) is 386 cm³/mol. The molecule has 8 amide bonds. The fraction of sp³-hybridized carbons (Fsp3) is 0.328. The highest BCUT2D eigenvalue weighted by Gasteiger charge is 2.30.